The Bertz CT molecular complexity index is 22.8. The second-order valence-corrected chi connectivity index (χ2v) is 1.03. The van der Waals surface area contributed by atoms with Gasteiger partial charge in [-0.25, -0.2) is 0 Å². The van der Waals surface area contributed by atoms with E-state index in [2.05, 4.69) is 0 Å². The molecule has 0 aromatic rings. The van der Waals surface area contributed by atoms with Crippen molar-refractivity contribution in [3.63, 3.8) is 0 Å². The average Bonchev–Trinajstić information content (AvgIpc) is 1.38. The van der Waals surface area contributed by atoms with E-state index in [1.54, 1.807) is 0 Å². The van der Waals surface area contributed by atoms with Crippen LogP contribution in [0.3, 0.4) is 0 Å². The normalized spacial score (nSPS) is 12.5. The van der Waals surface area contributed by atoms with Gasteiger partial charge in [0.2, 0.25) is 0 Å². The maximum atomic E-state index is 8.11. The van der Waals surface area contributed by atoms with Crippen molar-refractivity contribution in [3.8, 4) is 0 Å². The molecule has 0 aliphatic heterocycles. The molecular formula is C3H8O2Pb. The molecule has 0 amide bonds. The molecule has 4 radical (unpaired) electrons. The van der Waals surface area contributed by atoms with Crippen molar-refractivity contribution in [1.29, 1.82) is 0 Å². The Labute approximate surface area is 57.3 Å². The van der Waals surface area contributed by atoms with Crippen molar-refractivity contribution >= 4 is 27.3 Å². The van der Waals surface area contributed by atoms with E-state index in [1.807, 2.05) is 0 Å². The number of hydrogen-bond acceptors (Lipinski definition) is 2. The SMILES string of the molecule is CC(O)CO.[Pb]. The summed E-state index contributed by atoms with van der Waals surface area (Å²) in [6.45, 7) is 1.39. The molecule has 1 unspecified atom stereocenters. The molecule has 0 saturated heterocycles. The summed E-state index contributed by atoms with van der Waals surface area (Å²) in [7, 11) is 0. The molecule has 0 bridgehead atoms. The first-order chi connectivity index (χ1) is 2.27. The summed E-state index contributed by atoms with van der Waals surface area (Å²) in [5, 5.41) is 16.0. The predicted octanol–water partition coefficient (Wildman–Crippen LogP) is -1.02. The van der Waals surface area contributed by atoms with Crippen molar-refractivity contribution in [2.75, 3.05) is 6.61 Å². The van der Waals surface area contributed by atoms with Gasteiger partial charge < -0.3 is 10.2 Å². The molecule has 0 fully saturated rings. The molecule has 36 valence electrons. The van der Waals surface area contributed by atoms with Crippen LogP contribution in [0.5, 0.6) is 0 Å². The van der Waals surface area contributed by atoms with Crippen LogP contribution < -0.4 is 0 Å². The van der Waals surface area contributed by atoms with Gasteiger partial charge in [-0.3, -0.25) is 0 Å². The fourth-order valence-electron chi connectivity index (χ4n) is 0. The first-order valence-electron chi connectivity index (χ1n) is 1.56. The maximum absolute atomic E-state index is 8.11. The smallest absolute Gasteiger partial charge is 0.0742 e. The van der Waals surface area contributed by atoms with E-state index in [0.29, 0.717) is 0 Å². The quantitative estimate of drug-likeness (QED) is 0.605. The van der Waals surface area contributed by atoms with Gasteiger partial charge in [0.05, 0.1) is 12.7 Å². The minimum atomic E-state index is -0.560. The van der Waals surface area contributed by atoms with E-state index in [0.717, 1.165) is 0 Å². The second kappa shape index (κ2) is 5.84. The fourth-order valence-corrected chi connectivity index (χ4v) is 0. The standard InChI is InChI=1S/C3H8O2.Pb/c1-3(5)2-4;/h3-5H,2H2,1H3;. The summed E-state index contributed by atoms with van der Waals surface area (Å²) in [5.74, 6) is 0. The molecular weight excluding hydrogens is 275 g/mol. The minimum Gasteiger partial charge on any atom is -0.394 e. The monoisotopic (exact) mass is 284 g/mol. The van der Waals surface area contributed by atoms with Crippen molar-refractivity contribution in [3.05, 3.63) is 0 Å². The molecule has 2 N–H and O–H groups in total. The molecule has 0 spiro atoms. The number of rotatable bonds is 1. The molecule has 0 saturated carbocycles. The first kappa shape index (κ1) is 9.96. The van der Waals surface area contributed by atoms with Crippen LogP contribution in [0.4, 0.5) is 0 Å². The molecule has 3 heteroatoms. The molecule has 2 nitrogen and oxygen atoms in total. The van der Waals surface area contributed by atoms with E-state index < -0.39 is 6.10 Å². The zero-order valence-corrected chi connectivity index (χ0v) is 7.57. The Hall–Kier alpha value is 0.842. The Morgan fingerprint density at radius 3 is 1.83 bits per heavy atom. The summed E-state index contributed by atoms with van der Waals surface area (Å²) >= 11 is 0. The van der Waals surface area contributed by atoms with Crippen molar-refractivity contribution in [2.45, 2.75) is 13.0 Å². The molecule has 0 aromatic carbocycles. The van der Waals surface area contributed by atoms with Crippen LogP contribution in [0.1, 0.15) is 6.92 Å². The minimum absolute atomic E-state index is 0. The zero-order chi connectivity index (χ0) is 4.28. The van der Waals surface area contributed by atoms with Crippen LogP contribution in [-0.2, 0) is 0 Å². The van der Waals surface area contributed by atoms with Gasteiger partial charge in [-0.1, -0.05) is 0 Å². The molecule has 6 heavy (non-hydrogen) atoms. The Balaban J connectivity index is 0. The summed E-state index contributed by atoms with van der Waals surface area (Å²) in [4.78, 5) is 0. The Morgan fingerprint density at radius 2 is 1.83 bits per heavy atom. The molecule has 0 aliphatic carbocycles. The maximum Gasteiger partial charge on any atom is 0.0742 e. The van der Waals surface area contributed by atoms with Gasteiger partial charge in [-0.15, -0.1) is 0 Å². The van der Waals surface area contributed by atoms with E-state index in [1.165, 1.54) is 6.92 Å². The van der Waals surface area contributed by atoms with Crippen LogP contribution in [0, 0.1) is 0 Å². The first-order valence-corrected chi connectivity index (χ1v) is 1.56. The van der Waals surface area contributed by atoms with Gasteiger partial charge in [0.1, 0.15) is 0 Å². The average molecular weight is 283 g/mol. The van der Waals surface area contributed by atoms with Crippen molar-refractivity contribution in [1.82, 2.24) is 0 Å². The van der Waals surface area contributed by atoms with Crippen molar-refractivity contribution in [2.24, 2.45) is 0 Å². The predicted molar refractivity (Wildman–Crippen MR) is 24.5 cm³/mol. The number of aliphatic hydroxyl groups is 2. The van der Waals surface area contributed by atoms with Gasteiger partial charge in [-0.2, -0.15) is 0 Å². The Kier molecular flexibility index (Phi) is 9.70. The van der Waals surface area contributed by atoms with E-state index >= 15 is 0 Å². The third-order valence-corrected chi connectivity index (χ3v) is 0.264. The van der Waals surface area contributed by atoms with Crippen LogP contribution in [0.25, 0.3) is 0 Å². The molecule has 1 atom stereocenters. The summed E-state index contributed by atoms with van der Waals surface area (Å²) < 4.78 is 0. The number of hydrogen-bond donors (Lipinski definition) is 2. The van der Waals surface area contributed by atoms with Gasteiger partial charge in [-0.05, 0) is 6.92 Å². The van der Waals surface area contributed by atoms with Crippen LogP contribution in [0.15, 0.2) is 0 Å². The zero-order valence-electron chi connectivity index (χ0n) is 3.68. The summed E-state index contributed by atoms with van der Waals surface area (Å²) in [6, 6.07) is 0. The third kappa shape index (κ3) is 8.85. The van der Waals surface area contributed by atoms with Gasteiger partial charge in [0.25, 0.3) is 0 Å². The van der Waals surface area contributed by atoms with Crippen molar-refractivity contribution < 1.29 is 10.2 Å². The molecule has 0 aromatic heterocycles. The van der Waals surface area contributed by atoms with Crippen LogP contribution in [-0.4, -0.2) is 50.2 Å². The summed E-state index contributed by atoms with van der Waals surface area (Å²) in [6.07, 6.45) is -0.560. The topological polar surface area (TPSA) is 40.5 Å². The van der Waals surface area contributed by atoms with Crippen LogP contribution in [0.2, 0.25) is 0 Å². The molecule has 0 rings (SSSR count). The van der Waals surface area contributed by atoms with Gasteiger partial charge in [0, 0.05) is 27.3 Å². The Morgan fingerprint density at radius 1 is 1.67 bits per heavy atom. The van der Waals surface area contributed by atoms with E-state index in [-0.39, 0.29) is 33.9 Å². The summed E-state index contributed by atoms with van der Waals surface area (Å²) in [5.41, 5.74) is 0. The molecule has 0 aliphatic rings. The molecule has 0 heterocycles. The van der Waals surface area contributed by atoms with E-state index in [9.17, 15) is 0 Å². The number of aliphatic hydroxyl groups excluding tert-OH is 2. The van der Waals surface area contributed by atoms with Crippen LogP contribution >= 0.6 is 0 Å². The largest absolute Gasteiger partial charge is 0.394 e. The van der Waals surface area contributed by atoms with E-state index in [4.69, 9.17) is 10.2 Å². The second-order valence-electron chi connectivity index (χ2n) is 1.03. The fraction of sp³-hybridized carbons (Fsp3) is 1.00. The van der Waals surface area contributed by atoms with Gasteiger partial charge >= 0.3 is 0 Å². The third-order valence-electron chi connectivity index (χ3n) is 0.264. The van der Waals surface area contributed by atoms with Gasteiger partial charge in [0.15, 0.2) is 0 Å².